The highest BCUT2D eigenvalue weighted by atomic mass is 16.7. The van der Waals surface area contributed by atoms with Crippen LogP contribution in [-0.4, -0.2) is 63.7 Å². The highest BCUT2D eigenvalue weighted by Gasteiger charge is 2.64. The first-order valence-electron chi connectivity index (χ1n) is 12.1. The Labute approximate surface area is 211 Å². The van der Waals surface area contributed by atoms with Gasteiger partial charge in [0.1, 0.15) is 6.04 Å². The number of hydrogen-bond donors (Lipinski definition) is 1. The number of anilines is 1. The molecule has 1 N–H and O–H groups in total. The quantitative estimate of drug-likeness (QED) is 0.466. The number of ether oxygens (including phenoxy) is 4. The van der Waals surface area contributed by atoms with Gasteiger partial charge >= 0.3 is 11.9 Å². The molecule has 36 heavy (non-hydrogen) atoms. The molecule has 0 aromatic heterocycles. The molecule has 2 heterocycles. The second kappa shape index (κ2) is 9.69. The molecule has 2 aromatic carbocycles. The summed E-state index contributed by atoms with van der Waals surface area (Å²) in [6.45, 7) is 0.563. The predicted molar refractivity (Wildman–Crippen MR) is 133 cm³/mol. The summed E-state index contributed by atoms with van der Waals surface area (Å²) in [6.07, 6.45) is 0.358. The first-order chi connectivity index (χ1) is 17.5. The van der Waals surface area contributed by atoms with Gasteiger partial charge in [0, 0.05) is 44.1 Å². The number of nitrogens with zero attached hydrogens (tertiary/aromatic N) is 1. The van der Waals surface area contributed by atoms with Crippen molar-refractivity contribution in [2.75, 3.05) is 33.8 Å². The zero-order valence-electron chi connectivity index (χ0n) is 21.0. The fourth-order valence-electron chi connectivity index (χ4n) is 6.57. The predicted octanol–water partition coefficient (Wildman–Crippen LogP) is 3.23. The molecule has 0 saturated carbocycles. The van der Waals surface area contributed by atoms with Crippen LogP contribution >= 0.6 is 0 Å². The molecule has 1 aliphatic carbocycles. The van der Waals surface area contributed by atoms with E-state index >= 15 is 0 Å². The number of hydrogen-bond acceptors (Lipinski definition) is 8. The van der Waals surface area contributed by atoms with E-state index in [-0.39, 0.29) is 12.0 Å². The lowest BCUT2D eigenvalue weighted by atomic mass is 9.64. The number of benzene rings is 2. The van der Waals surface area contributed by atoms with Crippen molar-refractivity contribution in [3.8, 4) is 0 Å². The van der Waals surface area contributed by atoms with E-state index in [2.05, 4.69) is 28.4 Å². The second-order valence-corrected chi connectivity index (χ2v) is 9.52. The van der Waals surface area contributed by atoms with Crippen molar-refractivity contribution in [2.45, 2.75) is 43.2 Å². The lowest BCUT2D eigenvalue weighted by Gasteiger charge is -2.45. The van der Waals surface area contributed by atoms with E-state index in [1.54, 1.807) is 14.2 Å². The van der Waals surface area contributed by atoms with Crippen LogP contribution in [0.3, 0.4) is 0 Å². The zero-order valence-corrected chi connectivity index (χ0v) is 21.0. The van der Waals surface area contributed by atoms with Gasteiger partial charge < -0.3 is 24.3 Å². The lowest BCUT2D eigenvalue weighted by molar-refractivity contribution is -0.152. The molecule has 5 rings (SSSR count). The van der Waals surface area contributed by atoms with Crippen molar-refractivity contribution in [1.29, 1.82) is 0 Å². The maximum absolute atomic E-state index is 13.3. The van der Waals surface area contributed by atoms with Crippen molar-refractivity contribution >= 4 is 17.6 Å². The van der Waals surface area contributed by atoms with E-state index in [4.69, 9.17) is 18.9 Å². The molecule has 2 aliphatic heterocycles. The molecule has 0 amide bonds. The summed E-state index contributed by atoms with van der Waals surface area (Å²) in [5.41, 5.74) is 3.75. The Hall–Kier alpha value is -3.20. The number of rotatable bonds is 7. The molecule has 190 valence electrons. The van der Waals surface area contributed by atoms with Crippen LogP contribution in [0.15, 0.2) is 65.9 Å². The molecule has 1 saturated heterocycles. The van der Waals surface area contributed by atoms with Crippen molar-refractivity contribution in [3.05, 3.63) is 77.0 Å². The minimum atomic E-state index is -0.661. The van der Waals surface area contributed by atoms with Gasteiger partial charge in [-0.1, -0.05) is 48.5 Å². The molecule has 1 spiro atoms. The van der Waals surface area contributed by atoms with Crippen LogP contribution < -0.4 is 5.32 Å². The zero-order chi connectivity index (χ0) is 25.4. The average Bonchev–Trinajstić information content (AvgIpc) is 3.42. The van der Waals surface area contributed by atoms with Gasteiger partial charge in [-0.3, -0.25) is 9.69 Å². The Morgan fingerprint density at radius 3 is 2.36 bits per heavy atom. The number of carbonyl (C=O) groups excluding carboxylic acids is 2. The molecule has 4 atom stereocenters. The highest BCUT2D eigenvalue weighted by molar-refractivity contribution is 5.94. The Morgan fingerprint density at radius 1 is 1.00 bits per heavy atom. The van der Waals surface area contributed by atoms with Gasteiger partial charge in [0.2, 0.25) is 0 Å². The third kappa shape index (κ3) is 3.63. The molecule has 2 aromatic rings. The van der Waals surface area contributed by atoms with E-state index in [9.17, 15) is 9.59 Å². The standard InChI is InChI=1S/C28H32N2O6/c1-33-25(31)21-15-28-19-12-8-9-13-20(19)29-24(28)23(26(32)34-2)18(27(35-3)36-4)14-22(28)30(21)16-17-10-6-5-7-11-17/h5-13,18,21-22,27,29H,14-16H2,1-4H3/t18-,21+,22+,28-/m1/s1. The first kappa shape index (κ1) is 24.5. The van der Waals surface area contributed by atoms with E-state index in [1.165, 1.54) is 14.2 Å². The lowest BCUT2D eigenvalue weighted by Crippen LogP contribution is -2.52. The van der Waals surface area contributed by atoms with Crippen molar-refractivity contribution in [3.63, 3.8) is 0 Å². The molecule has 3 aliphatic rings. The number of methoxy groups -OCH3 is 4. The van der Waals surface area contributed by atoms with E-state index in [0.717, 1.165) is 22.5 Å². The highest BCUT2D eigenvalue weighted by Crippen LogP contribution is 2.60. The van der Waals surface area contributed by atoms with Crippen molar-refractivity contribution < 1.29 is 28.5 Å². The molecular weight excluding hydrogens is 460 g/mol. The first-order valence-corrected chi connectivity index (χ1v) is 12.1. The number of para-hydroxylation sites is 1. The van der Waals surface area contributed by atoms with Gasteiger partial charge in [-0.15, -0.1) is 0 Å². The van der Waals surface area contributed by atoms with E-state index in [0.29, 0.717) is 25.0 Å². The van der Waals surface area contributed by atoms with Gasteiger partial charge in [0.15, 0.2) is 6.29 Å². The van der Waals surface area contributed by atoms with Gasteiger partial charge in [-0.05, 0) is 30.0 Å². The van der Waals surface area contributed by atoms with Crippen molar-refractivity contribution in [1.82, 2.24) is 4.90 Å². The van der Waals surface area contributed by atoms with Crippen LogP contribution in [0.1, 0.15) is 24.0 Å². The second-order valence-electron chi connectivity index (χ2n) is 9.52. The molecule has 0 bridgehead atoms. The molecule has 0 radical (unpaired) electrons. The van der Waals surface area contributed by atoms with Gasteiger partial charge in [-0.25, -0.2) is 4.79 Å². The minimum absolute atomic E-state index is 0.126. The van der Waals surface area contributed by atoms with E-state index < -0.39 is 29.6 Å². The molecular formula is C28H32N2O6. The number of fused-ring (bicyclic) bond motifs is 1. The Balaban J connectivity index is 1.74. The normalized spacial score (nSPS) is 26.8. The Kier molecular flexibility index (Phi) is 6.59. The summed E-state index contributed by atoms with van der Waals surface area (Å²) in [5.74, 6) is -1.12. The van der Waals surface area contributed by atoms with Gasteiger partial charge in [0.05, 0.1) is 25.2 Å². The Bertz CT molecular complexity index is 1180. The number of nitrogens with one attached hydrogen (secondary N) is 1. The monoisotopic (exact) mass is 492 g/mol. The van der Waals surface area contributed by atoms with Crippen LogP contribution in [0.4, 0.5) is 5.69 Å². The fourth-order valence-corrected chi connectivity index (χ4v) is 6.57. The van der Waals surface area contributed by atoms with Crippen LogP contribution in [-0.2, 0) is 40.5 Å². The minimum Gasteiger partial charge on any atom is -0.468 e. The maximum atomic E-state index is 13.3. The Morgan fingerprint density at radius 2 is 1.69 bits per heavy atom. The number of esters is 2. The summed E-state index contributed by atoms with van der Waals surface area (Å²) in [4.78, 5) is 28.7. The third-order valence-corrected chi connectivity index (χ3v) is 8.00. The molecule has 8 heteroatoms. The SMILES string of the molecule is COC(=O)C1=C2Nc3ccccc3[C@@]23C[C@@H](C(=O)OC)N(Cc2ccccc2)[C@H]3C[C@H]1C(OC)OC. The summed E-state index contributed by atoms with van der Waals surface area (Å²) in [5, 5.41) is 3.55. The maximum Gasteiger partial charge on any atom is 0.336 e. The largest absolute Gasteiger partial charge is 0.468 e. The third-order valence-electron chi connectivity index (χ3n) is 8.00. The van der Waals surface area contributed by atoms with Gasteiger partial charge in [-0.2, -0.15) is 0 Å². The number of likely N-dealkylation sites (tertiary alicyclic amines) is 1. The van der Waals surface area contributed by atoms with Crippen LogP contribution in [0.25, 0.3) is 0 Å². The summed E-state index contributed by atoms with van der Waals surface area (Å²) in [6, 6.07) is 17.5. The van der Waals surface area contributed by atoms with Crippen LogP contribution in [0, 0.1) is 5.92 Å². The van der Waals surface area contributed by atoms with Crippen LogP contribution in [0.5, 0.6) is 0 Å². The summed E-state index contributed by atoms with van der Waals surface area (Å²) < 4.78 is 21.9. The van der Waals surface area contributed by atoms with Gasteiger partial charge in [0.25, 0.3) is 0 Å². The van der Waals surface area contributed by atoms with Crippen molar-refractivity contribution in [2.24, 2.45) is 5.92 Å². The molecule has 8 nitrogen and oxygen atoms in total. The number of carbonyl (C=O) groups is 2. The van der Waals surface area contributed by atoms with Crippen LogP contribution in [0.2, 0.25) is 0 Å². The molecule has 0 unspecified atom stereocenters. The average molecular weight is 493 g/mol. The fraction of sp³-hybridized carbons (Fsp3) is 0.429. The summed E-state index contributed by atoms with van der Waals surface area (Å²) in [7, 11) is 5.95. The van der Waals surface area contributed by atoms with E-state index in [1.807, 2.05) is 36.4 Å². The molecule has 1 fully saturated rings. The summed E-state index contributed by atoms with van der Waals surface area (Å²) >= 11 is 0. The smallest absolute Gasteiger partial charge is 0.336 e. The topological polar surface area (TPSA) is 86.3 Å².